The summed E-state index contributed by atoms with van der Waals surface area (Å²) in [5.74, 6) is -1.32. The van der Waals surface area contributed by atoms with Gasteiger partial charge in [-0.25, -0.2) is 0 Å². The molecule has 4 aliphatic rings. The molecule has 44 heavy (non-hydrogen) atoms. The van der Waals surface area contributed by atoms with E-state index in [0.717, 1.165) is 38.5 Å². The molecular formula is C33H57N2O9. The first-order valence-electron chi connectivity index (χ1n) is 17.0. The molecule has 10 atom stereocenters. The van der Waals surface area contributed by atoms with E-state index in [9.17, 15) is 30.3 Å². The Morgan fingerprint density at radius 1 is 1.09 bits per heavy atom. The monoisotopic (exact) mass is 625 g/mol. The van der Waals surface area contributed by atoms with Crippen LogP contribution in [0, 0.1) is 18.3 Å². The molecule has 0 aromatic carbocycles. The normalized spacial score (nSPS) is 36.5. The summed E-state index contributed by atoms with van der Waals surface area (Å²) in [4.78, 5) is 14.1. The molecule has 11 heteroatoms. The van der Waals surface area contributed by atoms with Gasteiger partial charge in [0.15, 0.2) is 5.79 Å². The largest absolute Gasteiger partial charge is 0.394 e. The molecule has 2 saturated carbocycles. The molecule has 2 unspecified atom stereocenters. The second kappa shape index (κ2) is 17.0. The van der Waals surface area contributed by atoms with Crippen LogP contribution in [0.25, 0.3) is 0 Å². The summed E-state index contributed by atoms with van der Waals surface area (Å²) in [6, 6.07) is 0.554. The lowest BCUT2D eigenvalue weighted by Gasteiger charge is -2.44. The van der Waals surface area contributed by atoms with E-state index in [1.807, 2.05) is 13.0 Å². The lowest BCUT2D eigenvalue weighted by molar-refractivity contribution is -0.303. The average molecular weight is 626 g/mol. The van der Waals surface area contributed by atoms with Crippen molar-refractivity contribution in [3.05, 3.63) is 18.7 Å². The molecular weight excluding hydrogens is 568 g/mol. The van der Waals surface area contributed by atoms with Crippen LogP contribution in [0.5, 0.6) is 0 Å². The molecule has 1 radical (unpaired) electrons. The first kappa shape index (κ1) is 35.5. The number of aliphatic hydroxyl groups is 5. The van der Waals surface area contributed by atoms with Crippen LogP contribution in [0.3, 0.4) is 0 Å². The highest BCUT2D eigenvalue weighted by Crippen LogP contribution is 2.44. The maximum Gasteiger partial charge on any atom is 0.219 e. The number of nitrogens with zero attached hydrogens (tertiary/aromatic N) is 1. The SMILES string of the molecule is CCNC(=O)CCCCCC[C@@H]1[C@@H](CC[C@@H](O)CCC2OCC=CN2C2CC2)[C@H](O)C[C@@H]1O[C@]1(C)[CH][C@@H](O)[C@H](O)C(CO)O1. The molecule has 4 rings (SSSR count). The van der Waals surface area contributed by atoms with E-state index in [1.54, 1.807) is 6.92 Å². The third-order valence-electron chi connectivity index (χ3n) is 9.76. The Morgan fingerprint density at radius 2 is 1.84 bits per heavy atom. The minimum Gasteiger partial charge on any atom is -0.394 e. The molecule has 2 heterocycles. The Kier molecular flexibility index (Phi) is 13.7. The second-order valence-corrected chi connectivity index (χ2v) is 13.4. The number of unbranched alkanes of at least 4 members (excludes halogenated alkanes) is 3. The number of rotatable bonds is 18. The number of carbonyl (C=O) groups excluding carboxylic acids is 1. The maximum atomic E-state index is 11.8. The molecule has 1 saturated heterocycles. The van der Waals surface area contributed by atoms with Gasteiger partial charge in [0.2, 0.25) is 5.91 Å². The van der Waals surface area contributed by atoms with Crippen molar-refractivity contribution in [1.82, 2.24) is 10.2 Å². The Bertz CT molecular complexity index is 904. The average Bonchev–Trinajstić information content (AvgIpc) is 3.80. The van der Waals surface area contributed by atoms with Crippen LogP contribution in [0.2, 0.25) is 0 Å². The van der Waals surface area contributed by atoms with Gasteiger partial charge in [-0.2, -0.15) is 0 Å². The lowest BCUT2D eigenvalue weighted by atomic mass is 9.84. The first-order valence-corrected chi connectivity index (χ1v) is 17.0. The van der Waals surface area contributed by atoms with E-state index >= 15 is 0 Å². The van der Waals surface area contributed by atoms with Gasteiger partial charge in [0.05, 0.1) is 44.1 Å². The standard InChI is InChI=1S/C33H57N2O9/c1-3-34-30(40)10-7-5-4-6-9-25-24(15-13-23(37)14-16-31-35(22-11-12-22)17-8-18-42-31)26(38)19-28(25)43-33(2)20-27(39)32(41)29(21-36)44-33/h8,17,20,22-29,31-32,36-39,41H,3-7,9-16,18-19,21H2,1-2H3,(H,34,40)/t23-,24-,25-,26-,27-,28+,29?,31?,32+,33+/m1/s1. The Morgan fingerprint density at radius 3 is 2.57 bits per heavy atom. The predicted octanol–water partition coefficient (Wildman–Crippen LogP) is 2.13. The summed E-state index contributed by atoms with van der Waals surface area (Å²) in [6.45, 7) is 4.36. The van der Waals surface area contributed by atoms with Crippen LogP contribution in [-0.2, 0) is 19.0 Å². The van der Waals surface area contributed by atoms with Crippen molar-refractivity contribution in [2.24, 2.45) is 11.8 Å². The number of hydrogen-bond donors (Lipinski definition) is 6. The fourth-order valence-electron chi connectivity index (χ4n) is 7.29. The summed E-state index contributed by atoms with van der Waals surface area (Å²) >= 11 is 0. The number of aliphatic hydroxyl groups excluding tert-OH is 5. The molecule has 2 aliphatic heterocycles. The van der Waals surface area contributed by atoms with Crippen LogP contribution in [0.15, 0.2) is 12.3 Å². The summed E-state index contributed by atoms with van der Waals surface area (Å²) in [7, 11) is 0. The maximum absolute atomic E-state index is 11.8. The van der Waals surface area contributed by atoms with Crippen molar-refractivity contribution in [2.75, 3.05) is 19.8 Å². The zero-order valence-corrected chi connectivity index (χ0v) is 26.6. The Balaban J connectivity index is 1.32. The van der Waals surface area contributed by atoms with Gasteiger partial charge in [-0.1, -0.05) is 19.3 Å². The summed E-state index contributed by atoms with van der Waals surface area (Å²) in [5.41, 5.74) is 0. The van der Waals surface area contributed by atoms with Crippen LogP contribution in [0.1, 0.15) is 97.3 Å². The summed E-state index contributed by atoms with van der Waals surface area (Å²) in [5, 5.41) is 55.3. The minimum atomic E-state index is -1.34. The van der Waals surface area contributed by atoms with E-state index in [2.05, 4.69) is 16.4 Å². The summed E-state index contributed by atoms with van der Waals surface area (Å²) in [6.07, 6.45) is 11.0. The third-order valence-corrected chi connectivity index (χ3v) is 9.76. The molecule has 6 N–H and O–H groups in total. The second-order valence-electron chi connectivity index (χ2n) is 13.4. The Labute approximate surface area is 262 Å². The molecule has 2 aliphatic carbocycles. The topological polar surface area (TPSA) is 161 Å². The van der Waals surface area contributed by atoms with Gasteiger partial charge in [0, 0.05) is 31.6 Å². The van der Waals surface area contributed by atoms with E-state index in [-0.39, 0.29) is 30.1 Å². The van der Waals surface area contributed by atoms with Gasteiger partial charge in [-0.3, -0.25) is 4.79 Å². The highest BCUT2D eigenvalue weighted by Gasteiger charge is 2.50. The van der Waals surface area contributed by atoms with E-state index in [0.29, 0.717) is 51.3 Å². The van der Waals surface area contributed by atoms with Gasteiger partial charge in [-0.05, 0) is 83.1 Å². The number of amides is 1. The highest BCUT2D eigenvalue weighted by atomic mass is 16.7. The molecule has 0 aromatic rings. The number of ether oxygens (including phenoxy) is 3. The van der Waals surface area contributed by atoms with E-state index in [4.69, 9.17) is 14.2 Å². The predicted molar refractivity (Wildman–Crippen MR) is 164 cm³/mol. The van der Waals surface area contributed by atoms with Crippen LogP contribution in [0.4, 0.5) is 0 Å². The van der Waals surface area contributed by atoms with Gasteiger partial charge in [-0.15, -0.1) is 0 Å². The fraction of sp³-hybridized carbons (Fsp3) is 0.879. The quantitative estimate of drug-likeness (QED) is 0.125. The van der Waals surface area contributed by atoms with Crippen molar-refractivity contribution in [3.63, 3.8) is 0 Å². The minimum absolute atomic E-state index is 0.00176. The van der Waals surface area contributed by atoms with Crippen LogP contribution >= 0.6 is 0 Å². The molecule has 11 nitrogen and oxygen atoms in total. The lowest BCUT2D eigenvalue weighted by Crippen LogP contribution is -2.57. The van der Waals surface area contributed by atoms with Crippen molar-refractivity contribution in [2.45, 2.75) is 152 Å². The van der Waals surface area contributed by atoms with E-state index in [1.165, 1.54) is 19.3 Å². The molecule has 253 valence electrons. The van der Waals surface area contributed by atoms with Gasteiger partial charge < -0.3 is 50.0 Å². The van der Waals surface area contributed by atoms with Gasteiger partial charge in [0.1, 0.15) is 18.4 Å². The molecule has 0 spiro atoms. The van der Waals surface area contributed by atoms with Crippen LogP contribution < -0.4 is 5.32 Å². The molecule has 3 fully saturated rings. The summed E-state index contributed by atoms with van der Waals surface area (Å²) < 4.78 is 18.3. The fourth-order valence-corrected chi connectivity index (χ4v) is 7.29. The third kappa shape index (κ3) is 10.1. The van der Waals surface area contributed by atoms with Crippen molar-refractivity contribution >= 4 is 5.91 Å². The smallest absolute Gasteiger partial charge is 0.219 e. The number of carbonyl (C=O) groups is 1. The zero-order chi connectivity index (χ0) is 31.7. The van der Waals surface area contributed by atoms with E-state index < -0.39 is 42.9 Å². The van der Waals surface area contributed by atoms with Gasteiger partial charge in [0.25, 0.3) is 0 Å². The highest BCUT2D eigenvalue weighted by molar-refractivity contribution is 5.75. The molecule has 0 aromatic heterocycles. The molecule has 0 bridgehead atoms. The Hall–Kier alpha value is -1.31. The zero-order valence-electron chi connectivity index (χ0n) is 26.6. The number of nitrogens with one attached hydrogen (secondary N) is 1. The first-order chi connectivity index (χ1) is 21.1. The van der Waals surface area contributed by atoms with Crippen molar-refractivity contribution in [3.8, 4) is 0 Å². The van der Waals surface area contributed by atoms with Crippen LogP contribution in [-0.4, -0.2) is 111 Å². The number of hydrogen-bond acceptors (Lipinski definition) is 10. The van der Waals surface area contributed by atoms with Crippen molar-refractivity contribution in [1.29, 1.82) is 0 Å². The van der Waals surface area contributed by atoms with Gasteiger partial charge >= 0.3 is 0 Å². The van der Waals surface area contributed by atoms with Crippen molar-refractivity contribution < 1.29 is 44.5 Å². The molecule has 1 amide bonds.